The molecule has 3 rings (SSSR count). The molecule has 0 saturated carbocycles. The molecule has 0 bridgehead atoms. The number of ether oxygens (including phenoxy) is 1. The summed E-state index contributed by atoms with van der Waals surface area (Å²) in [6.07, 6.45) is 0. The van der Waals surface area contributed by atoms with E-state index in [1.807, 2.05) is 37.3 Å². The van der Waals surface area contributed by atoms with Crippen LogP contribution in [0.4, 0.5) is 4.79 Å². The summed E-state index contributed by atoms with van der Waals surface area (Å²) in [6.45, 7) is 5.45. The Kier molecular flexibility index (Phi) is 3.96. The monoisotopic (exact) mass is 288 g/mol. The van der Waals surface area contributed by atoms with Gasteiger partial charge in [0, 0.05) is 25.2 Å². The van der Waals surface area contributed by atoms with Crippen molar-refractivity contribution in [2.75, 3.05) is 32.8 Å². The fraction of sp³-hybridized carbons (Fsp3) is 0.400. The SMILES string of the molecule is CCN1NC(c2ccccc2)=C(N2CCOCC2)NC1=O. The highest BCUT2D eigenvalue weighted by Gasteiger charge is 2.28. The van der Waals surface area contributed by atoms with Gasteiger partial charge in [-0.2, -0.15) is 0 Å². The number of nitrogens with one attached hydrogen (secondary N) is 2. The third-order valence-corrected chi connectivity index (χ3v) is 3.66. The summed E-state index contributed by atoms with van der Waals surface area (Å²) in [7, 11) is 0. The van der Waals surface area contributed by atoms with Crippen LogP contribution in [0, 0.1) is 0 Å². The van der Waals surface area contributed by atoms with Crippen LogP contribution in [0.1, 0.15) is 12.5 Å². The van der Waals surface area contributed by atoms with Gasteiger partial charge in [-0.1, -0.05) is 30.3 Å². The molecule has 0 spiro atoms. The highest BCUT2D eigenvalue weighted by molar-refractivity contribution is 5.83. The molecule has 2 N–H and O–H groups in total. The molecule has 0 unspecified atom stereocenters. The van der Waals surface area contributed by atoms with E-state index in [-0.39, 0.29) is 6.03 Å². The molecule has 1 aromatic rings. The molecule has 21 heavy (non-hydrogen) atoms. The van der Waals surface area contributed by atoms with Crippen LogP contribution in [0.3, 0.4) is 0 Å². The molecule has 0 atom stereocenters. The second-order valence-corrected chi connectivity index (χ2v) is 4.98. The van der Waals surface area contributed by atoms with Crippen molar-refractivity contribution < 1.29 is 9.53 Å². The molecular weight excluding hydrogens is 268 g/mol. The average molecular weight is 288 g/mol. The van der Waals surface area contributed by atoms with E-state index in [1.165, 1.54) is 0 Å². The van der Waals surface area contributed by atoms with Gasteiger partial charge >= 0.3 is 6.03 Å². The van der Waals surface area contributed by atoms with Gasteiger partial charge in [0.1, 0.15) is 11.5 Å². The zero-order valence-corrected chi connectivity index (χ0v) is 12.1. The van der Waals surface area contributed by atoms with Gasteiger partial charge in [-0.3, -0.25) is 10.7 Å². The number of hydrogen-bond acceptors (Lipinski definition) is 4. The summed E-state index contributed by atoms with van der Waals surface area (Å²) in [6, 6.07) is 9.92. The van der Waals surface area contributed by atoms with E-state index in [0.717, 1.165) is 30.2 Å². The van der Waals surface area contributed by atoms with E-state index in [9.17, 15) is 4.79 Å². The summed E-state index contributed by atoms with van der Waals surface area (Å²) < 4.78 is 5.39. The number of amides is 2. The lowest BCUT2D eigenvalue weighted by Crippen LogP contribution is -2.56. The van der Waals surface area contributed by atoms with Crippen molar-refractivity contribution in [3.8, 4) is 0 Å². The molecule has 2 amide bonds. The van der Waals surface area contributed by atoms with Crippen LogP contribution in [-0.2, 0) is 4.74 Å². The predicted molar refractivity (Wildman–Crippen MR) is 79.8 cm³/mol. The lowest BCUT2D eigenvalue weighted by Gasteiger charge is -2.38. The van der Waals surface area contributed by atoms with E-state index in [2.05, 4.69) is 15.6 Å². The molecule has 2 heterocycles. The molecule has 112 valence electrons. The fourth-order valence-electron chi connectivity index (χ4n) is 2.52. The number of hydrazine groups is 1. The normalized spacial score (nSPS) is 19.4. The van der Waals surface area contributed by atoms with E-state index in [4.69, 9.17) is 4.74 Å². The molecule has 0 aromatic heterocycles. The van der Waals surface area contributed by atoms with E-state index < -0.39 is 0 Å². The number of urea groups is 1. The molecule has 2 aliphatic heterocycles. The summed E-state index contributed by atoms with van der Waals surface area (Å²) in [5.74, 6) is 0.833. The standard InChI is InChI=1S/C15H20N4O2/c1-2-19-15(20)16-14(18-8-10-21-11-9-18)13(17-19)12-6-4-3-5-7-12/h3-7,17H,2,8-11H2,1H3,(H,16,20). The molecule has 1 fully saturated rings. The fourth-order valence-corrected chi connectivity index (χ4v) is 2.52. The van der Waals surface area contributed by atoms with Crippen molar-refractivity contribution in [1.82, 2.24) is 20.7 Å². The maximum absolute atomic E-state index is 12.1. The number of benzene rings is 1. The van der Waals surface area contributed by atoms with Gasteiger partial charge in [0.25, 0.3) is 0 Å². The molecule has 0 radical (unpaired) electrons. The largest absolute Gasteiger partial charge is 0.378 e. The summed E-state index contributed by atoms with van der Waals surface area (Å²) in [5, 5.41) is 4.59. The number of nitrogens with zero attached hydrogens (tertiary/aromatic N) is 2. The van der Waals surface area contributed by atoms with Crippen molar-refractivity contribution in [3.63, 3.8) is 0 Å². The van der Waals surface area contributed by atoms with Crippen LogP contribution in [0.25, 0.3) is 5.70 Å². The zero-order valence-electron chi connectivity index (χ0n) is 12.1. The Hall–Kier alpha value is -2.21. The number of hydrogen-bond donors (Lipinski definition) is 2. The summed E-state index contributed by atoms with van der Waals surface area (Å²) in [4.78, 5) is 14.3. The van der Waals surface area contributed by atoms with Crippen molar-refractivity contribution in [3.05, 3.63) is 41.7 Å². The lowest BCUT2D eigenvalue weighted by atomic mass is 10.1. The van der Waals surface area contributed by atoms with Gasteiger partial charge < -0.3 is 9.64 Å². The van der Waals surface area contributed by atoms with Crippen LogP contribution in [-0.4, -0.2) is 48.8 Å². The first-order chi connectivity index (χ1) is 10.3. The molecule has 6 nitrogen and oxygen atoms in total. The first-order valence-corrected chi connectivity index (χ1v) is 7.27. The number of carbonyl (C=O) groups is 1. The maximum Gasteiger partial charge on any atom is 0.341 e. The molecule has 1 aromatic carbocycles. The van der Waals surface area contributed by atoms with Gasteiger partial charge in [-0.25, -0.2) is 9.80 Å². The first kappa shape index (κ1) is 13.8. The minimum absolute atomic E-state index is 0.126. The second-order valence-electron chi connectivity index (χ2n) is 4.98. The Morgan fingerprint density at radius 3 is 2.57 bits per heavy atom. The highest BCUT2D eigenvalue weighted by Crippen LogP contribution is 2.21. The smallest absolute Gasteiger partial charge is 0.341 e. The second kappa shape index (κ2) is 6.05. The third-order valence-electron chi connectivity index (χ3n) is 3.66. The molecule has 0 aliphatic carbocycles. The highest BCUT2D eigenvalue weighted by atomic mass is 16.5. The van der Waals surface area contributed by atoms with E-state index in [0.29, 0.717) is 19.8 Å². The van der Waals surface area contributed by atoms with E-state index >= 15 is 0 Å². The minimum atomic E-state index is -0.126. The van der Waals surface area contributed by atoms with Gasteiger partial charge in [-0.05, 0) is 6.92 Å². The number of carbonyl (C=O) groups excluding carboxylic acids is 1. The quantitative estimate of drug-likeness (QED) is 0.877. The summed E-state index contributed by atoms with van der Waals surface area (Å²) >= 11 is 0. The molecule has 1 saturated heterocycles. The molecule has 2 aliphatic rings. The summed E-state index contributed by atoms with van der Waals surface area (Å²) in [5.41, 5.74) is 5.22. The molecular formula is C15H20N4O2. The Morgan fingerprint density at radius 2 is 1.90 bits per heavy atom. The maximum atomic E-state index is 12.1. The van der Waals surface area contributed by atoms with Crippen molar-refractivity contribution in [1.29, 1.82) is 0 Å². The minimum Gasteiger partial charge on any atom is -0.378 e. The van der Waals surface area contributed by atoms with Crippen molar-refractivity contribution >= 4 is 11.7 Å². The van der Waals surface area contributed by atoms with Crippen LogP contribution in [0.2, 0.25) is 0 Å². The Labute approximate surface area is 124 Å². The van der Waals surface area contributed by atoms with Crippen LogP contribution in [0.15, 0.2) is 36.2 Å². The van der Waals surface area contributed by atoms with Gasteiger partial charge in [0.2, 0.25) is 0 Å². The Bertz CT molecular complexity index is 538. The van der Waals surface area contributed by atoms with E-state index in [1.54, 1.807) is 5.01 Å². The number of rotatable bonds is 3. The molecule has 6 heteroatoms. The average Bonchev–Trinajstić information content (AvgIpc) is 2.56. The number of morpholine rings is 1. The Morgan fingerprint density at radius 1 is 1.19 bits per heavy atom. The topological polar surface area (TPSA) is 56.8 Å². The third kappa shape index (κ3) is 2.80. The van der Waals surface area contributed by atoms with Crippen molar-refractivity contribution in [2.24, 2.45) is 0 Å². The van der Waals surface area contributed by atoms with Gasteiger partial charge in [0.15, 0.2) is 0 Å². The Balaban J connectivity index is 1.98. The van der Waals surface area contributed by atoms with Gasteiger partial charge in [-0.15, -0.1) is 0 Å². The van der Waals surface area contributed by atoms with Crippen LogP contribution < -0.4 is 10.7 Å². The zero-order chi connectivity index (χ0) is 14.7. The van der Waals surface area contributed by atoms with Crippen molar-refractivity contribution in [2.45, 2.75) is 6.92 Å². The predicted octanol–water partition coefficient (Wildman–Crippen LogP) is 1.19. The first-order valence-electron chi connectivity index (χ1n) is 7.27. The van der Waals surface area contributed by atoms with Crippen LogP contribution in [0.5, 0.6) is 0 Å². The lowest BCUT2D eigenvalue weighted by molar-refractivity contribution is 0.0491. The van der Waals surface area contributed by atoms with Gasteiger partial charge in [0.05, 0.1) is 13.2 Å². The van der Waals surface area contributed by atoms with Crippen LogP contribution >= 0.6 is 0 Å².